The Morgan fingerprint density at radius 2 is 1.93 bits per heavy atom. The SMILES string of the molecule is CC(C)(C)c1ccc(CC(=O)Nc2ccnc(C(=O)N[C@H]3CCC[C@@H]3O)c2)cc1O. The van der Waals surface area contributed by atoms with Crippen LogP contribution in [0.4, 0.5) is 5.69 Å². The number of anilines is 1. The molecule has 2 aromatic rings. The molecule has 1 aromatic carbocycles. The van der Waals surface area contributed by atoms with Gasteiger partial charge in [-0.2, -0.15) is 0 Å². The lowest BCUT2D eigenvalue weighted by atomic mass is 9.85. The molecule has 1 aliphatic carbocycles. The topological polar surface area (TPSA) is 112 Å². The standard InChI is InChI=1S/C23H29N3O4/c1-23(2,3)16-8-7-14(11-20(16)28)12-21(29)25-15-9-10-24-18(13-15)22(30)26-17-5-4-6-19(17)27/h7-11,13,17,19,27-28H,4-6,12H2,1-3H3,(H,26,30)(H,24,25,29)/t17-,19-/m0/s1. The number of aromatic hydroxyl groups is 1. The molecule has 7 nitrogen and oxygen atoms in total. The van der Waals surface area contributed by atoms with E-state index in [0.29, 0.717) is 17.7 Å². The van der Waals surface area contributed by atoms with Gasteiger partial charge in [-0.1, -0.05) is 32.9 Å². The van der Waals surface area contributed by atoms with Gasteiger partial charge in [-0.05, 0) is 54.0 Å². The smallest absolute Gasteiger partial charge is 0.270 e. The highest BCUT2D eigenvalue weighted by Gasteiger charge is 2.27. The van der Waals surface area contributed by atoms with Crippen molar-refractivity contribution in [1.82, 2.24) is 10.3 Å². The van der Waals surface area contributed by atoms with Crippen LogP contribution >= 0.6 is 0 Å². The van der Waals surface area contributed by atoms with Crippen LogP contribution in [0.25, 0.3) is 0 Å². The first kappa shape index (κ1) is 21.8. The minimum absolute atomic E-state index is 0.0934. The number of aliphatic hydroxyl groups excluding tert-OH is 1. The van der Waals surface area contributed by atoms with E-state index in [2.05, 4.69) is 15.6 Å². The van der Waals surface area contributed by atoms with Gasteiger partial charge in [0.05, 0.1) is 18.6 Å². The molecule has 0 spiro atoms. The van der Waals surface area contributed by atoms with Gasteiger partial charge in [0.15, 0.2) is 0 Å². The summed E-state index contributed by atoms with van der Waals surface area (Å²) in [7, 11) is 0. The number of amides is 2. The number of hydrogen-bond acceptors (Lipinski definition) is 5. The molecule has 2 atom stereocenters. The van der Waals surface area contributed by atoms with Crippen LogP contribution in [0.1, 0.15) is 61.6 Å². The molecule has 160 valence electrons. The molecule has 0 saturated heterocycles. The van der Waals surface area contributed by atoms with Crippen molar-refractivity contribution in [2.75, 3.05) is 5.32 Å². The van der Waals surface area contributed by atoms with Crippen molar-refractivity contribution in [3.05, 3.63) is 53.3 Å². The number of phenols is 1. The van der Waals surface area contributed by atoms with E-state index in [4.69, 9.17) is 0 Å². The van der Waals surface area contributed by atoms with Gasteiger partial charge < -0.3 is 20.8 Å². The summed E-state index contributed by atoms with van der Waals surface area (Å²) in [5.74, 6) is -0.466. The van der Waals surface area contributed by atoms with E-state index < -0.39 is 6.10 Å². The Balaban J connectivity index is 1.62. The molecule has 3 rings (SSSR count). The Hall–Kier alpha value is -2.93. The third-order valence-corrected chi connectivity index (χ3v) is 5.31. The quantitative estimate of drug-likeness (QED) is 0.604. The fraction of sp³-hybridized carbons (Fsp3) is 0.435. The number of nitrogens with zero attached hydrogens (tertiary/aromatic N) is 1. The minimum atomic E-state index is -0.530. The second-order valence-corrected chi connectivity index (χ2v) is 8.83. The van der Waals surface area contributed by atoms with Crippen molar-refractivity contribution in [3.63, 3.8) is 0 Å². The Morgan fingerprint density at radius 3 is 2.57 bits per heavy atom. The molecule has 2 amide bonds. The van der Waals surface area contributed by atoms with Crippen molar-refractivity contribution in [2.24, 2.45) is 0 Å². The summed E-state index contributed by atoms with van der Waals surface area (Å²) in [5, 5.41) is 25.7. The highest BCUT2D eigenvalue weighted by atomic mass is 16.3. The Bertz CT molecular complexity index is 936. The van der Waals surface area contributed by atoms with Crippen molar-refractivity contribution in [2.45, 2.75) is 64.0 Å². The maximum Gasteiger partial charge on any atom is 0.270 e. The van der Waals surface area contributed by atoms with E-state index >= 15 is 0 Å². The fourth-order valence-electron chi connectivity index (χ4n) is 3.70. The zero-order chi connectivity index (χ0) is 21.9. The zero-order valence-corrected chi connectivity index (χ0v) is 17.6. The summed E-state index contributed by atoms with van der Waals surface area (Å²) < 4.78 is 0. The first-order chi connectivity index (χ1) is 14.1. The van der Waals surface area contributed by atoms with Crippen LogP contribution in [0, 0.1) is 0 Å². The molecular weight excluding hydrogens is 382 g/mol. The maximum absolute atomic E-state index is 12.4. The molecule has 0 aliphatic heterocycles. The number of nitrogens with one attached hydrogen (secondary N) is 2. The summed E-state index contributed by atoms with van der Waals surface area (Å²) in [4.78, 5) is 28.9. The lowest BCUT2D eigenvalue weighted by Crippen LogP contribution is -2.40. The molecule has 1 fully saturated rings. The van der Waals surface area contributed by atoms with E-state index in [0.717, 1.165) is 18.4 Å². The molecule has 7 heteroatoms. The Labute approximate surface area is 176 Å². The monoisotopic (exact) mass is 411 g/mol. The molecular formula is C23H29N3O4. The first-order valence-electron chi connectivity index (χ1n) is 10.2. The molecule has 30 heavy (non-hydrogen) atoms. The number of carbonyl (C=O) groups is 2. The summed E-state index contributed by atoms with van der Waals surface area (Å²) in [6, 6.07) is 8.14. The van der Waals surface area contributed by atoms with Crippen molar-refractivity contribution < 1.29 is 19.8 Å². The lowest BCUT2D eigenvalue weighted by molar-refractivity contribution is -0.115. The first-order valence-corrected chi connectivity index (χ1v) is 10.2. The molecule has 0 radical (unpaired) electrons. The molecule has 1 saturated carbocycles. The predicted octanol–water partition coefficient (Wildman–Crippen LogP) is 2.91. The van der Waals surface area contributed by atoms with Gasteiger partial charge in [-0.3, -0.25) is 14.6 Å². The zero-order valence-electron chi connectivity index (χ0n) is 17.6. The number of pyridine rings is 1. The minimum Gasteiger partial charge on any atom is -0.508 e. The van der Waals surface area contributed by atoms with Crippen LogP contribution < -0.4 is 10.6 Å². The molecule has 1 aliphatic rings. The van der Waals surface area contributed by atoms with Gasteiger partial charge in [-0.25, -0.2) is 0 Å². The summed E-state index contributed by atoms with van der Waals surface area (Å²) in [5.41, 5.74) is 1.97. The molecule has 1 aromatic heterocycles. The van der Waals surface area contributed by atoms with Crippen LogP contribution in [-0.4, -0.2) is 39.2 Å². The summed E-state index contributed by atoms with van der Waals surface area (Å²) >= 11 is 0. The molecule has 1 heterocycles. The summed E-state index contributed by atoms with van der Waals surface area (Å²) in [6.07, 6.45) is 3.32. The number of aliphatic hydroxyl groups is 1. The highest BCUT2D eigenvalue weighted by molar-refractivity contribution is 5.96. The van der Waals surface area contributed by atoms with Gasteiger partial charge in [-0.15, -0.1) is 0 Å². The maximum atomic E-state index is 12.4. The molecule has 0 bridgehead atoms. The number of hydrogen-bond donors (Lipinski definition) is 4. The molecule has 4 N–H and O–H groups in total. The van der Waals surface area contributed by atoms with Crippen LogP contribution in [0.15, 0.2) is 36.5 Å². The average molecular weight is 412 g/mol. The third-order valence-electron chi connectivity index (χ3n) is 5.31. The second kappa shape index (κ2) is 8.83. The largest absolute Gasteiger partial charge is 0.508 e. The van der Waals surface area contributed by atoms with Crippen molar-refractivity contribution >= 4 is 17.5 Å². The van der Waals surface area contributed by atoms with Gasteiger partial charge in [0, 0.05) is 11.9 Å². The van der Waals surface area contributed by atoms with E-state index in [-0.39, 0.29) is 41.1 Å². The average Bonchev–Trinajstić information content (AvgIpc) is 3.05. The van der Waals surface area contributed by atoms with Crippen LogP contribution in [0.3, 0.4) is 0 Å². The number of benzene rings is 1. The second-order valence-electron chi connectivity index (χ2n) is 8.83. The van der Waals surface area contributed by atoms with E-state index in [1.165, 1.54) is 12.3 Å². The fourth-order valence-corrected chi connectivity index (χ4v) is 3.70. The van der Waals surface area contributed by atoms with Crippen LogP contribution in [0.5, 0.6) is 5.75 Å². The number of aromatic nitrogens is 1. The van der Waals surface area contributed by atoms with Crippen molar-refractivity contribution in [3.8, 4) is 5.75 Å². The summed E-state index contributed by atoms with van der Waals surface area (Å²) in [6.45, 7) is 6.04. The van der Waals surface area contributed by atoms with Crippen molar-refractivity contribution in [1.29, 1.82) is 0 Å². The lowest BCUT2D eigenvalue weighted by Gasteiger charge is -2.20. The number of phenolic OH excluding ortho intramolecular Hbond substituents is 1. The van der Waals surface area contributed by atoms with Crippen LogP contribution in [-0.2, 0) is 16.6 Å². The van der Waals surface area contributed by atoms with Gasteiger partial charge in [0.25, 0.3) is 5.91 Å². The van der Waals surface area contributed by atoms with E-state index in [1.54, 1.807) is 12.1 Å². The van der Waals surface area contributed by atoms with Gasteiger partial charge in [0.2, 0.25) is 5.91 Å². The van der Waals surface area contributed by atoms with E-state index in [9.17, 15) is 19.8 Å². The Morgan fingerprint density at radius 1 is 1.17 bits per heavy atom. The predicted molar refractivity (Wildman–Crippen MR) is 114 cm³/mol. The molecule has 0 unspecified atom stereocenters. The highest BCUT2D eigenvalue weighted by Crippen LogP contribution is 2.31. The number of rotatable bonds is 5. The van der Waals surface area contributed by atoms with Crippen LogP contribution in [0.2, 0.25) is 0 Å². The Kier molecular flexibility index (Phi) is 6.41. The third kappa shape index (κ3) is 5.36. The van der Waals surface area contributed by atoms with Gasteiger partial charge in [0.1, 0.15) is 11.4 Å². The normalized spacial score (nSPS) is 18.8. The van der Waals surface area contributed by atoms with Gasteiger partial charge >= 0.3 is 0 Å². The number of carbonyl (C=O) groups excluding carboxylic acids is 2. The van der Waals surface area contributed by atoms with E-state index in [1.807, 2.05) is 32.9 Å².